The summed E-state index contributed by atoms with van der Waals surface area (Å²) in [5, 5.41) is 19.1. The maximum atomic E-state index is 12.1. The minimum Gasteiger partial charge on any atom is -0.478 e. The highest BCUT2D eigenvalue weighted by Gasteiger charge is 2.48. The lowest BCUT2D eigenvalue weighted by molar-refractivity contribution is -0.182. The highest BCUT2D eigenvalue weighted by Crippen LogP contribution is 2.28. The van der Waals surface area contributed by atoms with E-state index in [-0.39, 0.29) is 12.3 Å². The maximum Gasteiger partial charge on any atom is 0.357 e. The van der Waals surface area contributed by atoms with E-state index in [0.29, 0.717) is 19.4 Å². The van der Waals surface area contributed by atoms with Gasteiger partial charge >= 0.3 is 5.97 Å². The van der Waals surface area contributed by atoms with Crippen LogP contribution in [0, 0.1) is 0 Å². The third-order valence-corrected chi connectivity index (χ3v) is 4.49. The fourth-order valence-corrected chi connectivity index (χ4v) is 3.08. The molecule has 1 saturated heterocycles. The molecule has 2 N–H and O–H groups in total. The third kappa shape index (κ3) is 5.59. The molecular formula is C17H31NO4. The minimum absolute atomic E-state index is 0.131. The van der Waals surface area contributed by atoms with Crippen LogP contribution in [0.2, 0.25) is 0 Å². The van der Waals surface area contributed by atoms with E-state index in [1.54, 1.807) is 0 Å². The molecule has 1 atom stereocenters. The molecule has 0 aromatic carbocycles. The Hall–Kier alpha value is -1.10. The van der Waals surface area contributed by atoms with Crippen molar-refractivity contribution in [2.45, 2.75) is 89.7 Å². The predicted molar refractivity (Wildman–Crippen MR) is 85.4 cm³/mol. The lowest BCUT2D eigenvalue weighted by Crippen LogP contribution is -2.53. The highest BCUT2D eigenvalue weighted by molar-refractivity contribution is 5.86. The van der Waals surface area contributed by atoms with E-state index in [1.807, 2.05) is 0 Å². The number of hydrogen-bond acceptors (Lipinski definition) is 3. The Balaban J connectivity index is 2.12. The molecule has 0 spiro atoms. The molecule has 1 amide bonds. The molecule has 0 aromatic heterocycles. The summed E-state index contributed by atoms with van der Waals surface area (Å²) < 4.78 is 0. The number of aliphatic hydroxyl groups is 1. The van der Waals surface area contributed by atoms with Gasteiger partial charge < -0.3 is 15.1 Å². The number of amides is 1. The maximum absolute atomic E-state index is 12.1. The van der Waals surface area contributed by atoms with Crippen LogP contribution in [0.25, 0.3) is 0 Å². The van der Waals surface area contributed by atoms with Crippen molar-refractivity contribution in [3.63, 3.8) is 0 Å². The van der Waals surface area contributed by atoms with E-state index in [0.717, 1.165) is 24.2 Å². The molecule has 1 rings (SSSR count). The SMILES string of the molecule is CCCCCCCCCCCC(=O)N1CCCC1(O)C(=O)O. The van der Waals surface area contributed by atoms with Crippen LogP contribution in [-0.4, -0.2) is 39.3 Å². The fourth-order valence-electron chi connectivity index (χ4n) is 3.08. The van der Waals surface area contributed by atoms with Gasteiger partial charge in [0.15, 0.2) is 0 Å². The summed E-state index contributed by atoms with van der Waals surface area (Å²) in [7, 11) is 0. The zero-order chi connectivity index (χ0) is 16.4. The molecular weight excluding hydrogens is 282 g/mol. The average Bonchev–Trinajstić information content (AvgIpc) is 2.89. The minimum atomic E-state index is -1.98. The molecule has 0 radical (unpaired) electrons. The second kappa shape index (κ2) is 9.82. The van der Waals surface area contributed by atoms with Crippen molar-refractivity contribution in [1.29, 1.82) is 0 Å². The first-order valence-corrected chi connectivity index (χ1v) is 8.78. The Morgan fingerprint density at radius 2 is 1.55 bits per heavy atom. The van der Waals surface area contributed by atoms with Crippen LogP contribution in [0.15, 0.2) is 0 Å². The van der Waals surface area contributed by atoms with Gasteiger partial charge in [0.2, 0.25) is 11.6 Å². The van der Waals surface area contributed by atoms with Crippen molar-refractivity contribution in [1.82, 2.24) is 4.90 Å². The average molecular weight is 313 g/mol. The molecule has 128 valence electrons. The third-order valence-electron chi connectivity index (χ3n) is 4.49. The van der Waals surface area contributed by atoms with E-state index in [1.165, 1.54) is 38.5 Å². The van der Waals surface area contributed by atoms with E-state index >= 15 is 0 Å². The van der Waals surface area contributed by atoms with Crippen LogP contribution in [-0.2, 0) is 9.59 Å². The largest absolute Gasteiger partial charge is 0.478 e. The monoisotopic (exact) mass is 313 g/mol. The number of carbonyl (C=O) groups is 2. The molecule has 1 unspecified atom stereocenters. The van der Waals surface area contributed by atoms with E-state index in [4.69, 9.17) is 5.11 Å². The number of carboxylic acid groups (broad SMARTS) is 1. The van der Waals surface area contributed by atoms with Crippen molar-refractivity contribution < 1.29 is 19.8 Å². The van der Waals surface area contributed by atoms with Gasteiger partial charge in [0.25, 0.3) is 0 Å². The molecule has 1 heterocycles. The summed E-state index contributed by atoms with van der Waals surface area (Å²) >= 11 is 0. The number of hydrogen-bond donors (Lipinski definition) is 2. The van der Waals surface area contributed by atoms with Gasteiger partial charge in [0.1, 0.15) is 0 Å². The molecule has 0 aliphatic carbocycles. The van der Waals surface area contributed by atoms with Crippen molar-refractivity contribution >= 4 is 11.9 Å². The number of likely N-dealkylation sites (tertiary alicyclic amines) is 1. The molecule has 1 aliphatic heterocycles. The number of nitrogens with zero attached hydrogens (tertiary/aromatic N) is 1. The lowest BCUT2D eigenvalue weighted by Gasteiger charge is -2.29. The van der Waals surface area contributed by atoms with Gasteiger partial charge in [0, 0.05) is 19.4 Å². The van der Waals surface area contributed by atoms with E-state index in [2.05, 4.69) is 6.92 Å². The van der Waals surface area contributed by atoms with Crippen molar-refractivity contribution in [2.24, 2.45) is 0 Å². The number of unbranched alkanes of at least 4 members (excludes halogenated alkanes) is 8. The van der Waals surface area contributed by atoms with Crippen molar-refractivity contribution in [3.8, 4) is 0 Å². The Bertz CT molecular complexity index is 359. The van der Waals surface area contributed by atoms with Crippen molar-refractivity contribution in [3.05, 3.63) is 0 Å². The first-order chi connectivity index (χ1) is 10.5. The standard InChI is InChI=1S/C17H31NO4/c1-2-3-4-5-6-7-8-9-10-12-15(19)18-14-11-13-17(18,22)16(20)21/h22H,2-14H2,1H3,(H,20,21). The van der Waals surface area contributed by atoms with Crippen LogP contribution >= 0.6 is 0 Å². The summed E-state index contributed by atoms with van der Waals surface area (Å²) in [4.78, 5) is 24.3. The molecule has 5 heteroatoms. The molecule has 0 saturated carbocycles. The highest BCUT2D eigenvalue weighted by atomic mass is 16.4. The number of carboxylic acids is 1. The van der Waals surface area contributed by atoms with Crippen LogP contribution in [0.3, 0.4) is 0 Å². The van der Waals surface area contributed by atoms with E-state index in [9.17, 15) is 14.7 Å². The lowest BCUT2D eigenvalue weighted by atomic mass is 10.1. The molecule has 5 nitrogen and oxygen atoms in total. The van der Waals surface area contributed by atoms with Gasteiger partial charge in [-0.05, 0) is 12.8 Å². The number of aliphatic carboxylic acids is 1. The normalized spacial score (nSPS) is 21.3. The number of carbonyl (C=O) groups excluding carboxylic acids is 1. The van der Waals surface area contributed by atoms with Crippen LogP contribution in [0.4, 0.5) is 0 Å². The summed E-state index contributed by atoms with van der Waals surface area (Å²) in [5.41, 5.74) is -1.98. The quantitative estimate of drug-likeness (QED) is 0.574. The molecule has 0 bridgehead atoms. The van der Waals surface area contributed by atoms with Crippen LogP contribution in [0.1, 0.15) is 84.0 Å². The second-order valence-electron chi connectivity index (χ2n) is 6.35. The molecule has 1 fully saturated rings. The molecule has 22 heavy (non-hydrogen) atoms. The van der Waals surface area contributed by atoms with E-state index < -0.39 is 11.7 Å². The zero-order valence-corrected chi connectivity index (χ0v) is 13.9. The zero-order valence-electron chi connectivity index (χ0n) is 13.9. The van der Waals surface area contributed by atoms with Gasteiger partial charge in [-0.2, -0.15) is 0 Å². The summed E-state index contributed by atoms with van der Waals surface area (Å²) in [6, 6.07) is 0. The number of rotatable bonds is 11. The Labute approximate surface area is 133 Å². The summed E-state index contributed by atoms with van der Waals surface area (Å²) in [5.74, 6) is -1.55. The first kappa shape index (κ1) is 18.9. The fraction of sp³-hybridized carbons (Fsp3) is 0.882. The van der Waals surface area contributed by atoms with Gasteiger partial charge in [-0.3, -0.25) is 4.79 Å². The first-order valence-electron chi connectivity index (χ1n) is 8.78. The topological polar surface area (TPSA) is 77.8 Å². The second-order valence-corrected chi connectivity index (χ2v) is 6.35. The van der Waals surface area contributed by atoms with Crippen LogP contribution < -0.4 is 0 Å². The van der Waals surface area contributed by atoms with Crippen LogP contribution in [0.5, 0.6) is 0 Å². The molecule has 0 aromatic rings. The smallest absolute Gasteiger partial charge is 0.357 e. The van der Waals surface area contributed by atoms with Gasteiger partial charge in [0.05, 0.1) is 0 Å². The van der Waals surface area contributed by atoms with Gasteiger partial charge in [-0.25, -0.2) is 4.79 Å². The van der Waals surface area contributed by atoms with Gasteiger partial charge in [-0.1, -0.05) is 58.3 Å². The predicted octanol–water partition coefficient (Wildman–Crippen LogP) is 3.30. The Kier molecular flexibility index (Phi) is 8.46. The van der Waals surface area contributed by atoms with Crippen molar-refractivity contribution in [2.75, 3.05) is 6.54 Å². The Morgan fingerprint density at radius 1 is 1.00 bits per heavy atom. The molecule has 1 aliphatic rings. The Morgan fingerprint density at radius 3 is 2.09 bits per heavy atom. The van der Waals surface area contributed by atoms with Gasteiger partial charge in [-0.15, -0.1) is 0 Å². The summed E-state index contributed by atoms with van der Waals surface area (Å²) in [6.45, 7) is 2.56. The summed E-state index contributed by atoms with van der Waals surface area (Å²) in [6.07, 6.45) is 11.6.